The van der Waals surface area contributed by atoms with Crippen LogP contribution in [0.4, 0.5) is 4.79 Å². The van der Waals surface area contributed by atoms with Crippen LogP contribution in [0.5, 0.6) is 0 Å². The van der Waals surface area contributed by atoms with E-state index >= 15 is 0 Å². The molecule has 1 aliphatic heterocycles. The molecule has 1 fully saturated rings. The third kappa shape index (κ3) is 4.76. The second-order valence-electron chi connectivity index (χ2n) is 5.57. The van der Waals surface area contributed by atoms with Gasteiger partial charge in [0.15, 0.2) is 0 Å². The fourth-order valence-corrected chi connectivity index (χ4v) is 2.18. The van der Waals surface area contributed by atoms with Crippen molar-refractivity contribution in [3.8, 4) is 0 Å². The minimum Gasteiger partial charge on any atom is -0.481 e. The standard InChI is InChI=1S/C12H21N3O4/c1-12(2,6-9(16)17)14-11(19)15-5-3-4-8(7-15)10(13)18/h8H,3-7H2,1-2H3,(H2,13,18)(H,14,19)(H,16,17). The lowest BCUT2D eigenvalue weighted by atomic mass is 9.97. The molecule has 0 aromatic carbocycles. The van der Waals surface area contributed by atoms with Gasteiger partial charge in [0, 0.05) is 18.6 Å². The number of amides is 3. The molecule has 1 atom stereocenters. The van der Waals surface area contributed by atoms with Gasteiger partial charge in [-0.05, 0) is 26.7 Å². The van der Waals surface area contributed by atoms with Gasteiger partial charge in [0.2, 0.25) is 5.91 Å². The molecule has 0 bridgehead atoms. The SMILES string of the molecule is CC(C)(CC(=O)O)NC(=O)N1CCCC(C(N)=O)C1. The van der Waals surface area contributed by atoms with Gasteiger partial charge >= 0.3 is 12.0 Å². The minimum atomic E-state index is -0.973. The first-order valence-corrected chi connectivity index (χ1v) is 6.29. The summed E-state index contributed by atoms with van der Waals surface area (Å²) in [5.74, 6) is -1.69. The lowest BCUT2D eigenvalue weighted by Gasteiger charge is -2.34. The molecule has 1 unspecified atom stereocenters. The van der Waals surface area contributed by atoms with Crippen LogP contribution in [0.3, 0.4) is 0 Å². The van der Waals surface area contributed by atoms with E-state index in [1.807, 2.05) is 0 Å². The van der Waals surface area contributed by atoms with Gasteiger partial charge in [0.1, 0.15) is 0 Å². The van der Waals surface area contributed by atoms with Gasteiger partial charge in [-0.15, -0.1) is 0 Å². The van der Waals surface area contributed by atoms with Crippen molar-refractivity contribution in [2.45, 2.75) is 38.6 Å². The fraction of sp³-hybridized carbons (Fsp3) is 0.750. The summed E-state index contributed by atoms with van der Waals surface area (Å²) in [6.45, 7) is 4.14. The number of carbonyl (C=O) groups excluding carboxylic acids is 2. The third-order valence-corrected chi connectivity index (χ3v) is 3.15. The Labute approximate surface area is 112 Å². The van der Waals surface area contributed by atoms with Crippen molar-refractivity contribution in [1.82, 2.24) is 10.2 Å². The predicted molar refractivity (Wildman–Crippen MR) is 68.4 cm³/mol. The number of nitrogens with zero attached hydrogens (tertiary/aromatic N) is 1. The van der Waals surface area contributed by atoms with E-state index in [4.69, 9.17) is 10.8 Å². The molecule has 19 heavy (non-hydrogen) atoms. The Bertz CT molecular complexity index is 381. The smallest absolute Gasteiger partial charge is 0.317 e. The van der Waals surface area contributed by atoms with Crippen molar-refractivity contribution >= 4 is 17.9 Å². The maximum Gasteiger partial charge on any atom is 0.317 e. The van der Waals surface area contributed by atoms with Crippen LogP contribution in [0.25, 0.3) is 0 Å². The van der Waals surface area contributed by atoms with Crippen molar-refractivity contribution in [1.29, 1.82) is 0 Å². The molecule has 3 amide bonds. The molecule has 4 N–H and O–H groups in total. The number of urea groups is 1. The second-order valence-corrected chi connectivity index (χ2v) is 5.57. The predicted octanol–water partition coefficient (Wildman–Crippen LogP) is 0.147. The number of carbonyl (C=O) groups is 3. The number of rotatable bonds is 4. The summed E-state index contributed by atoms with van der Waals surface area (Å²) in [5, 5.41) is 11.4. The van der Waals surface area contributed by atoms with Crippen molar-refractivity contribution in [2.75, 3.05) is 13.1 Å². The number of primary amides is 1. The number of hydrogen-bond donors (Lipinski definition) is 3. The van der Waals surface area contributed by atoms with Crippen LogP contribution in [0.15, 0.2) is 0 Å². The van der Waals surface area contributed by atoms with E-state index in [9.17, 15) is 14.4 Å². The van der Waals surface area contributed by atoms with E-state index in [1.165, 1.54) is 4.90 Å². The first kappa shape index (κ1) is 15.3. The summed E-state index contributed by atoms with van der Waals surface area (Å²) < 4.78 is 0. The Hall–Kier alpha value is -1.79. The highest BCUT2D eigenvalue weighted by molar-refractivity contribution is 5.80. The highest BCUT2D eigenvalue weighted by Crippen LogP contribution is 2.17. The summed E-state index contributed by atoms with van der Waals surface area (Å²) in [5.41, 5.74) is 4.42. The average Bonchev–Trinajstić information content (AvgIpc) is 2.26. The number of aliphatic carboxylic acids is 1. The summed E-state index contributed by atoms with van der Waals surface area (Å²) in [7, 11) is 0. The zero-order valence-electron chi connectivity index (χ0n) is 11.3. The van der Waals surface area contributed by atoms with Crippen molar-refractivity contribution in [2.24, 2.45) is 11.7 Å². The van der Waals surface area contributed by atoms with Crippen LogP contribution in [0.2, 0.25) is 0 Å². The molecule has 0 aromatic heterocycles. The summed E-state index contributed by atoms with van der Waals surface area (Å²) in [6.07, 6.45) is 1.25. The number of nitrogens with one attached hydrogen (secondary N) is 1. The van der Waals surface area contributed by atoms with Crippen molar-refractivity contribution in [3.63, 3.8) is 0 Å². The van der Waals surface area contributed by atoms with Crippen LogP contribution < -0.4 is 11.1 Å². The Balaban J connectivity index is 2.57. The topological polar surface area (TPSA) is 113 Å². The maximum atomic E-state index is 12.0. The highest BCUT2D eigenvalue weighted by atomic mass is 16.4. The van der Waals surface area contributed by atoms with E-state index in [1.54, 1.807) is 13.8 Å². The second kappa shape index (κ2) is 5.90. The van der Waals surface area contributed by atoms with E-state index in [-0.39, 0.29) is 18.4 Å². The highest BCUT2D eigenvalue weighted by Gasteiger charge is 2.30. The quantitative estimate of drug-likeness (QED) is 0.675. The monoisotopic (exact) mass is 271 g/mol. The van der Waals surface area contributed by atoms with Gasteiger partial charge < -0.3 is 21.1 Å². The van der Waals surface area contributed by atoms with Crippen molar-refractivity contribution in [3.05, 3.63) is 0 Å². The molecule has 0 saturated carbocycles. The average molecular weight is 271 g/mol. The van der Waals surface area contributed by atoms with Crippen LogP contribution in [0.1, 0.15) is 33.1 Å². The molecule has 1 aliphatic rings. The number of nitrogens with two attached hydrogens (primary N) is 1. The van der Waals surface area contributed by atoms with Crippen LogP contribution >= 0.6 is 0 Å². The maximum absolute atomic E-state index is 12.0. The third-order valence-electron chi connectivity index (χ3n) is 3.15. The van der Waals surface area contributed by atoms with Crippen LogP contribution in [-0.4, -0.2) is 46.5 Å². The van der Waals surface area contributed by atoms with Gasteiger partial charge in [-0.3, -0.25) is 9.59 Å². The summed E-state index contributed by atoms with van der Waals surface area (Å²) in [6, 6.07) is -0.350. The molecule has 1 rings (SSSR count). The Morgan fingerprint density at radius 2 is 2.05 bits per heavy atom. The van der Waals surface area contributed by atoms with E-state index in [0.717, 1.165) is 6.42 Å². The molecule has 0 aliphatic carbocycles. The number of piperidine rings is 1. The van der Waals surface area contributed by atoms with Gasteiger partial charge in [-0.1, -0.05) is 0 Å². The van der Waals surface area contributed by atoms with E-state index < -0.39 is 17.4 Å². The molecular formula is C12H21N3O4. The van der Waals surface area contributed by atoms with Gasteiger partial charge in [-0.2, -0.15) is 0 Å². The lowest BCUT2D eigenvalue weighted by Crippen LogP contribution is -2.54. The minimum absolute atomic E-state index is 0.161. The van der Waals surface area contributed by atoms with Gasteiger partial charge in [0.05, 0.1) is 12.3 Å². The lowest BCUT2D eigenvalue weighted by molar-refractivity contribution is -0.138. The van der Waals surface area contributed by atoms with Crippen LogP contribution in [0, 0.1) is 5.92 Å². The molecule has 108 valence electrons. The largest absolute Gasteiger partial charge is 0.481 e. The van der Waals surface area contributed by atoms with Crippen LogP contribution in [-0.2, 0) is 9.59 Å². The Morgan fingerprint density at radius 1 is 1.42 bits per heavy atom. The first-order chi connectivity index (χ1) is 8.71. The zero-order valence-corrected chi connectivity index (χ0v) is 11.3. The first-order valence-electron chi connectivity index (χ1n) is 6.29. The summed E-state index contributed by atoms with van der Waals surface area (Å²) >= 11 is 0. The molecule has 7 nitrogen and oxygen atoms in total. The molecule has 7 heteroatoms. The number of likely N-dealkylation sites (tertiary alicyclic amines) is 1. The molecular weight excluding hydrogens is 250 g/mol. The van der Waals surface area contributed by atoms with Crippen molar-refractivity contribution < 1.29 is 19.5 Å². The van der Waals surface area contributed by atoms with Gasteiger partial charge in [0.25, 0.3) is 0 Å². The molecule has 1 saturated heterocycles. The summed E-state index contributed by atoms with van der Waals surface area (Å²) in [4.78, 5) is 35.4. The molecule has 0 aromatic rings. The van der Waals surface area contributed by atoms with E-state index in [2.05, 4.69) is 5.32 Å². The number of carboxylic acid groups (broad SMARTS) is 1. The molecule has 1 heterocycles. The van der Waals surface area contributed by atoms with Gasteiger partial charge in [-0.25, -0.2) is 4.79 Å². The zero-order chi connectivity index (χ0) is 14.6. The Morgan fingerprint density at radius 3 is 2.58 bits per heavy atom. The fourth-order valence-electron chi connectivity index (χ4n) is 2.18. The Kier molecular flexibility index (Phi) is 4.74. The van der Waals surface area contributed by atoms with E-state index in [0.29, 0.717) is 19.5 Å². The normalized spacial score (nSPS) is 19.9. The molecule has 0 spiro atoms. The number of carboxylic acids is 1. The number of hydrogen-bond acceptors (Lipinski definition) is 3. The molecule has 0 radical (unpaired) electrons.